The molecule has 10 aromatic carbocycles. The van der Waals surface area contributed by atoms with Crippen LogP contribution in [0.25, 0.3) is 55.6 Å². The average Bonchev–Trinajstić information content (AvgIpc) is 3.54. The molecule has 0 N–H and O–H groups in total. The molecule has 290 valence electrons. The van der Waals surface area contributed by atoms with Crippen molar-refractivity contribution in [1.82, 2.24) is 0 Å². The SMILES string of the molecule is CC1(C)c2cc(/C=C/c3ccc(N(c4ccccc4)c4ccccc4)cc3)ccc2-c2ccc(N(c3cccc4ccccc34)c3cc4ccccc4c4ccccc34)cc21. The maximum atomic E-state index is 2.49. The van der Waals surface area contributed by atoms with E-state index in [4.69, 9.17) is 0 Å². The van der Waals surface area contributed by atoms with E-state index < -0.39 is 0 Å². The number of fused-ring (bicyclic) bond motifs is 7. The average molecular weight is 781 g/mol. The third-order valence-electron chi connectivity index (χ3n) is 12.6. The number of anilines is 6. The zero-order chi connectivity index (χ0) is 40.9. The van der Waals surface area contributed by atoms with Crippen molar-refractivity contribution in [1.29, 1.82) is 0 Å². The smallest absolute Gasteiger partial charge is 0.0546 e. The number of para-hydroxylation sites is 2. The molecule has 2 heteroatoms. The van der Waals surface area contributed by atoms with Gasteiger partial charge in [-0.2, -0.15) is 0 Å². The standard InChI is InChI=1S/C59H44N2/c1-59(2)55-38-42(29-28-41-30-33-47(34-31-41)60(45-19-5-3-6-20-45)46-21-7-4-8-22-46)32-36-52(55)53-37-35-48(40-56(53)59)61(57-27-15-18-43-16-9-12-24-50(43)57)58-39-44-17-10-11-23-49(44)51-25-13-14-26-54(51)58/h3-40H,1-2H3/b29-28+. The van der Waals surface area contributed by atoms with E-state index in [2.05, 4.69) is 254 Å². The van der Waals surface area contributed by atoms with Gasteiger partial charge in [0.25, 0.3) is 0 Å². The van der Waals surface area contributed by atoms with Gasteiger partial charge in [-0.05, 0) is 116 Å². The van der Waals surface area contributed by atoms with E-state index in [0.29, 0.717) is 0 Å². The largest absolute Gasteiger partial charge is 0.311 e. The topological polar surface area (TPSA) is 6.48 Å². The van der Waals surface area contributed by atoms with E-state index in [-0.39, 0.29) is 5.41 Å². The van der Waals surface area contributed by atoms with Crippen LogP contribution in [-0.4, -0.2) is 0 Å². The van der Waals surface area contributed by atoms with E-state index in [1.807, 2.05) is 0 Å². The van der Waals surface area contributed by atoms with Gasteiger partial charge in [0.05, 0.1) is 11.4 Å². The minimum atomic E-state index is -0.208. The predicted molar refractivity (Wildman–Crippen MR) is 261 cm³/mol. The summed E-state index contributed by atoms with van der Waals surface area (Å²) in [4.78, 5) is 4.79. The van der Waals surface area contributed by atoms with E-state index in [1.54, 1.807) is 0 Å². The Morgan fingerprint density at radius 3 is 1.56 bits per heavy atom. The Labute approximate surface area is 357 Å². The first-order valence-electron chi connectivity index (χ1n) is 21.2. The third-order valence-corrected chi connectivity index (χ3v) is 12.6. The number of nitrogens with zero attached hydrogens (tertiary/aromatic N) is 2. The molecule has 0 amide bonds. The van der Waals surface area contributed by atoms with Crippen LogP contribution in [-0.2, 0) is 5.41 Å². The Morgan fingerprint density at radius 1 is 0.328 bits per heavy atom. The van der Waals surface area contributed by atoms with Crippen LogP contribution in [0.15, 0.2) is 218 Å². The van der Waals surface area contributed by atoms with Crippen LogP contribution in [0.5, 0.6) is 0 Å². The lowest BCUT2D eigenvalue weighted by Gasteiger charge is -2.30. The van der Waals surface area contributed by atoms with Gasteiger partial charge in [-0.15, -0.1) is 0 Å². The summed E-state index contributed by atoms with van der Waals surface area (Å²) in [6.07, 6.45) is 4.48. The molecule has 0 spiro atoms. The summed E-state index contributed by atoms with van der Waals surface area (Å²) in [6, 6.07) is 79.5. The lowest BCUT2D eigenvalue weighted by molar-refractivity contribution is 0.660. The molecule has 0 radical (unpaired) electrons. The molecule has 2 nitrogen and oxygen atoms in total. The van der Waals surface area contributed by atoms with Gasteiger partial charge >= 0.3 is 0 Å². The Morgan fingerprint density at radius 2 is 0.836 bits per heavy atom. The number of rotatable bonds is 8. The van der Waals surface area contributed by atoms with Gasteiger partial charge in [0, 0.05) is 38.9 Å². The maximum Gasteiger partial charge on any atom is 0.0546 e. The molecule has 0 saturated carbocycles. The van der Waals surface area contributed by atoms with Crippen LogP contribution >= 0.6 is 0 Å². The lowest BCUT2D eigenvalue weighted by atomic mass is 9.81. The normalized spacial score (nSPS) is 12.8. The summed E-state index contributed by atoms with van der Waals surface area (Å²) in [5.74, 6) is 0. The first-order valence-corrected chi connectivity index (χ1v) is 21.2. The molecule has 0 unspecified atom stereocenters. The second kappa shape index (κ2) is 14.9. The third kappa shape index (κ3) is 6.36. The predicted octanol–water partition coefficient (Wildman–Crippen LogP) is 16.6. The Hall–Kier alpha value is -7.68. The second-order valence-electron chi connectivity index (χ2n) is 16.6. The number of benzene rings is 10. The Kier molecular flexibility index (Phi) is 8.86. The Balaban J connectivity index is 0.959. The molecule has 10 aromatic rings. The highest BCUT2D eigenvalue weighted by molar-refractivity contribution is 6.15. The van der Waals surface area contributed by atoms with Crippen LogP contribution in [0.2, 0.25) is 0 Å². The van der Waals surface area contributed by atoms with Crippen molar-refractivity contribution in [3.8, 4) is 11.1 Å². The van der Waals surface area contributed by atoms with Crippen molar-refractivity contribution in [2.75, 3.05) is 9.80 Å². The van der Waals surface area contributed by atoms with Crippen LogP contribution < -0.4 is 9.80 Å². The van der Waals surface area contributed by atoms with Gasteiger partial charge in [0.15, 0.2) is 0 Å². The minimum Gasteiger partial charge on any atom is -0.311 e. The molecule has 1 aliphatic carbocycles. The van der Waals surface area contributed by atoms with Crippen molar-refractivity contribution in [3.63, 3.8) is 0 Å². The maximum absolute atomic E-state index is 2.49. The molecule has 61 heavy (non-hydrogen) atoms. The summed E-state index contributed by atoms with van der Waals surface area (Å²) in [6.45, 7) is 4.76. The Bertz CT molecular complexity index is 3230. The summed E-state index contributed by atoms with van der Waals surface area (Å²) >= 11 is 0. The minimum absolute atomic E-state index is 0.208. The quantitative estimate of drug-likeness (QED) is 0.112. The monoisotopic (exact) mass is 780 g/mol. The fourth-order valence-corrected chi connectivity index (χ4v) is 9.54. The molecular formula is C59H44N2. The van der Waals surface area contributed by atoms with Crippen molar-refractivity contribution < 1.29 is 0 Å². The summed E-state index contributed by atoms with van der Waals surface area (Å²) in [5.41, 5.74) is 14.3. The molecule has 0 atom stereocenters. The zero-order valence-corrected chi connectivity index (χ0v) is 34.3. The molecule has 0 heterocycles. The summed E-state index contributed by atoms with van der Waals surface area (Å²) in [5, 5.41) is 7.43. The molecular weight excluding hydrogens is 737 g/mol. The highest BCUT2D eigenvalue weighted by Crippen LogP contribution is 2.52. The van der Waals surface area contributed by atoms with Crippen LogP contribution in [0.4, 0.5) is 34.1 Å². The summed E-state index contributed by atoms with van der Waals surface area (Å²) in [7, 11) is 0. The van der Waals surface area contributed by atoms with E-state index in [1.165, 1.54) is 71.5 Å². The van der Waals surface area contributed by atoms with Crippen molar-refractivity contribution in [3.05, 3.63) is 241 Å². The lowest BCUT2D eigenvalue weighted by Crippen LogP contribution is -2.17. The van der Waals surface area contributed by atoms with Gasteiger partial charge in [-0.3, -0.25) is 0 Å². The van der Waals surface area contributed by atoms with Crippen LogP contribution in [0, 0.1) is 0 Å². The van der Waals surface area contributed by atoms with E-state index >= 15 is 0 Å². The van der Waals surface area contributed by atoms with Crippen LogP contribution in [0.3, 0.4) is 0 Å². The van der Waals surface area contributed by atoms with Gasteiger partial charge in [0.1, 0.15) is 0 Å². The van der Waals surface area contributed by atoms with Crippen LogP contribution in [0.1, 0.15) is 36.1 Å². The first-order chi connectivity index (χ1) is 30.0. The highest BCUT2D eigenvalue weighted by atomic mass is 15.1. The first kappa shape index (κ1) is 36.4. The number of hydrogen-bond acceptors (Lipinski definition) is 2. The van der Waals surface area contributed by atoms with Gasteiger partial charge in [0.2, 0.25) is 0 Å². The van der Waals surface area contributed by atoms with Gasteiger partial charge in [-0.25, -0.2) is 0 Å². The molecule has 0 aromatic heterocycles. The molecule has 0 aliphatic heterocycles. The molecule has 0 saturated heterocycles. The summed E-state index contributed by atoms with van der Waals surface area (Å²) < 4.78 is 0. The van der Waals surface area contributed by atoms with Crippen molar-refractivity contribution in [2.24, 2.45) is 0 Å². The molecule has 0 bridgehead atoms. The van der Waals surface area contributed by atoms with Gasteiger partial charge < -0.3 is 9.80 Å². The molecule has 1 aliphatic rings. The van der Waals surface area contributed by atoms with Crippen molar-refractivity contribution in [2.45, 2.75) is 19.3 Å². The fraction of sp³-hybridized carbons (Fsp3) is 0.0508. The van der Waals surface area contributed by atoms with Crippen molar-refractivity contribution >= 4 is 78.6 Å². The second-order valence-corrected chi connectivity index (χ2v) is 16.6. The van der Waals surface area contributed by atoms with E-state index in [0.717, 1.165) is 28.3 Å². The van der Waals surface area contributed by atoms with Gasteiger partial charge in [-0.1, -0.05) is 184 Å². The fourth-order valence-electron chi connectivity index (χ4n) is 9.54. The zero-order valence-electron chi connectivity index (χ0n) is 34.3. The molecule has 0 fully saturated rings. The number of hydrogen-bond donors (Lipinski definition) is 0. The molecule has 11 rings (SSSR count). The van der Waals surface area contributed by atoms with E-state index in [9.17, 15) is 0 Å². The highest BCUT2D eigenvalue weighted by Gasteiger charge is 2.36.